The summed E-state index contributed by atoms with van der Waals surface area (Å²) in [5.41, 5.74) is 0. The Hall–Kier alpha value is -1.99. The molecule has 18 heavy (non-hydrogen) atoms. The number of nitroso groups, excluding NO2 is 1. The molecule has 0 unspecified atom stereocenters. The van der Waals surface area contributed by atoms with Crippen LogP contribution in [0.4, 0.5) is 0 Å². The second-order valence-corrected chi connectivity index (χ2v) is 3.99. The van der Waals surface area contributed by atoms with Gasteiger partial charge < -0.3 is 15.0 Å². The number of esters is 1. The number of hydrogen-bond donors (Lipinski definition) is 1. The number of rotatable bonds is 4. The molecule has 1 aliphatic heterocycles. The zero-order chi connectivity index (χ0) is 13.7. The van der Waals surface area contributed by atoms with Crippen LogP contribution in [-0.4, -0.2) is 55.0 Å². The molecule has 0 bridgehead atoms. The maximum absolute atomic E-state index is 11.8. The first-order valence-corrected chi connectivity index (χ1v) is 5.43. The van der Waals surface area contributed by atoms with Gasteiger partial charge in [0.25, 0.3) is 0 Å². The number of ether oxygens (including phenoxy) is 1. The fraction of sp³-hybridized carbons (Fsp3) is 0.700. The molecular weight excluding hydrogens is 242 g/mol. The van der Waals surface area contributed by atoms with Crippen LogP contribution in [0, 0.1) is 4.91 Å². The minimum absolute atomic E-state index is 0.0711. The maximum Gasteiger partial charge on any atom is 0.328 e. The molecule has 0 aromatic heterocycles. The second-order valence-electron chi connectivity index (χ2n) is 3.99. The van der Waals surface area contributed by atoms with E-state index < -0.39 is 24.0 Å². The second kappa shape index (κ2) is 6.08. The highest BCUT2D eigenvalue weighted by atomic mass is 16.5. The van der Waals surface area contributed by atoms with Gasteiger partial charge in [0, 0.05) is 19.9 Å². The van der Waals surface area contributed by atoms with Gasteiger partial charge in [-0.25, -0.2) is 4.79 Å². The van der Waals surface area contributed by atoms with Crippen molar-refractivity contribution in [1.82, 2.24) is 10.2 Å². The number of likely N-dealkylation sites (tertiary alicyclic amines) is 1. The topological polar surface area (TPSA) is 105 Å². The van der Waals surface area contributed by atoms with Gasteiger partial charge in [-0.15, -0.1) is 0 Å². The fourth-order valence-electron chi connectivity index (χ4n) is 1.83. The van der Waals surface area contributed by atoms with Gasteiger partial charge in [-0.1, -0.05) is 5.18 Å². The Kier molecular flexibility index (Phi) is 4.75. The third kappa shape index (κ3) is 3.25. The first-order chi connectivity index (χ1) is 8.49. The van der Waals surface area contributed by atoms with E-state index in [1.807, 2.05) is 0 Å². The lowest BCUT2D eigenvalue weighted by atomic mass is 10.2. The van der Waals surface area contributed by atoms with Gasteiger partial charge in [-0.3, -0.25) is 9.59 Å². The summed E-state index contributed by atoms with van der Waals surface area (Å²) in [5.74, 6) is -1.37. The van der Waals surface area contributed by atoms with Crippen molar-refractivity contribution in [3.8, 4) is 0 Å². The minimum Gasteiger partial charge on any atom is -0.467 e. The van der Waals surface area contributed by atoms with E-state index in [9.17, 15) is 19.3 Å². The molecule has 1 saturated heterocycles. The molecule has 0 spiro atoms. The fourth-order valence-corrected chi connectivity index (χ4v) is 1.83. The number of nitrogens with one attached hydrogen (secondary N) is 1. The molecular formula is C10H15N3O5. The van der Waals surface area contributed by atoms with Crippen molar-refractivity contribution < 1.29 is 19.1 Å². The number of methoxy groups -OCH3 is 1. The lowest BCUT2D eigenvalue weighted by Gasteiger charge is -2.22. The molecule has 0 radical (unpaired) electrons. The van der Waals surface area contributed by atoms with Crippen LogP contribution >= 0.6 is 0 Å². The third-order valence-electron chi connectivity index (χ3n) is 2.71. The Morgan fingerprint density at radius 1 is 1.44 bits per heavy atom. The molecule has 1 aliphatic rings. The quantitative estimate of drug-likeness (QED) is 0.515. The summed E-state index contributed by atoms with van der Waals surface area (Å²) in [6.07, 6.45) is 0.155. The Labute approximate surface area is 104 Å². The van der Waals surface area contributed by atoms with E-state index in [0.717, 1.165) is 0 Å². The number of carbonyl (C=O) groups excluding carboxylic acids is 3. The van der Waals surface area contributed by atoms with E-state index in [1.54, 1.807) is 0 Å². The normalized spacial score (nSPS) is 22.4. The molecule has 1 heterocycles. The van der Waals surface area contributed by atoms with Crippen molar-refractivity contribution in [2.45, 2.75) is 25.4 Å². The van der Waals surface area contributed by atoms with Gasteiger partial charge in [0.05, 0.1) is 13.7 Å². The number of hydrogen-bond acceptors (Lipinski definition) is 6. The summed E-state index contributed by atoms with van der Waals surface area (Å²) in [4.78, 5) is 45.7. The first kappa shape index (κ1) is 14.1. The van der Waals surface area contributed by atoms with Crippen LogP contribution in [0.1, 0.15) is 13.3 Å². The average molecular weight is 257 g/mol. The lowest BCUT2D eigenvalue weighted by Crippen LogP contribution is -2.45. The van der Waals surface area contributed by atoms with Gasteiger partial charge in [-0.2, -0.15) is 4.91 Å². The summed E-state index contributed by atoms with van der Waals surface area (Å²) < 4.78 is 4.57. The minimum atomic E-state index is -0.807. The number of nitrogens with zero attached hydrogens (tertiary/aromatic N) is 2. The molecule has 100 valence electrons. The Morgan fingerprint density at radius 2 is 2.11 bits per heavy atom. The number of carbonyl (C=O) groups is 3. The largest absolute Gasteiger partial charge is 0.467 e. The van der Waals surface area contributed by atoms with Crippen LogP contribution in [0.5, 0.6) is 0 Å². The average Bonchev–Trinajstić information content (AvgIpc) is 2.79. The smallest absolute Gasteiger partial charge is 0.328 e. The molecule has 8 heteroatoms. The van der Waals surface area contributed by atoms with Gasteiger partial charge in [-0.05, 0) is 0 Å². The molecule has 0 aliphatic carbocycles. The van der Waals surface area contributed by atoms with Crippen LogP contribution < -0.4 is 5.32 Å². The van der Waals surface area contributed by atoms with Crippen LogP contribution in [0.2, 0.25) is 0 Å². The SMILES string of the molecule is COC(=O)[C@@H]1C[C@H](N=O)CN1C(=O)CNC(C)=O. The number of amides is 2. The molecule has 2 amide bonds. The summed E-state index contributed by atoms with van der Waals surface area (Å²) >= 11 is 0. The molecule has 1 N–H and O–H groups in total. The monoisotopic (exact) mass is 257 g/mol. The predicted octanol–water partition coefficient (Wildman–Crippen LogP) is -0.969. The lowest BCUT2D eigenvalue weighted by molar-refractivity contribution is -0.150. The summed E-state index contributed by atoms with van der Waals surface area (Å²) in [6.45, 7) is 1.14. The highest BCUT2D eigenvalue weighted by Gasteiger charge is 2.40. The third-order valence-corrected chi connectivity index (χ3v) is 2.71. The van der Waals surface area contributed by atoms with Gasteiger partial charge in [0.2, 0.25) is 11.8 Å². The summed E-state index contributed by atoms with van der Waals surface area (Å²) in [6, 6.07) is -1.42. The highest BCUT2D eigenvalue weighted by Crippen LogP contribution is 2.21. The van der Waals surface area contributed by atoms with Crippen molar-refractivity contribution in [2.24, 2.45) is 5.18 Å². The van der Waals surface area contributed by atoms with Crippen LogP contribution in [-0.2, 0) is 19.1 Å². The van der Waals surface area contributed by atoms with Crippen LogP contribution in [0.15, 0.2) is 5.18 Å². The standard InChI is InChI=1S/C10H15N3O5/c1-6(14)11-4-9(15)13-5-7(12-17)3-8(13)10(16)18-2/h7-8H,3-5H2,1-2H3,(H,11,14)/t7-,8-/m0/s1. The van der Waals surface area contributed by atoms with Crippen molar-refractivity contribution in [3.63, 3.8) is 0 Å². The summed E-state index contributed by atoms with van der Waals surface area (Å²) in [7, 11) is 1.21. The molecule has 8 nitrogen and oxygen atoms in total. The van der Waals surface area contributed by atoms with Crippen molar-refractivity contribution in [1.29, 1.82) is 0 Å². The van der Waals surface area contributed by atoms with Crippen molar-refractivity contribution in [2.75, 3.05) is 20.2 Å². The maximum atomic E-state index is 11.8. The van der Waals surface area contributed by atoms with Crippen LogP contribution in [0.25, 0.3) is 0 Å². The van der Waals surface area contributed by atoms with E-state index in [4.69, 9.17) is 0 Å². The highest BCUT2D eigenvalue weighted by molar-refractivity contribution is 5.88. The van der Waals surface area contributed by atoms with E-state index in [-0.39, 0.29) is 25.4 Å². The zero-order valence-corrected chi connectivity index (χ0v) is 10.2. The summed E-state index contributed by atoms with van der Waals surface area (Å²) in [5, 5.41) is 5.18. The molecule has 0 aromatic rings. The van der Waals surface area contributed by atoms with Crippen molar-refractivity contribution >= 4 is 17.8 Å². The van der Waals surface area contributed by atoms with Crippen LogP contribution in [0.3, 0.4) is 0 Å². The molecule has 0 aromatic carbocycles. The van der Waals surface area contributed by atoms with Gasteiger partial charge in [0.15, 0.2) is 0 Å². The zero-order valence-electron chi connectivity index (χ0n) is 10.2. The van der Waals surface area contributed by atoms with E-state index in [0.29, 0.717) is 0 Å². The molecule has 1 rings (SSSR count). The predicted molar refractivity (Wildman–Crippen MR) is 60.4 cm³/mol. The van der Waals surface area contributed by atoms with Crippen molar-refractivity contribution in [3.05, 3.63) is 4.91 Å². The van der Waals surface area contributed by atoms with Gasteiger partial charge >= 0.3 is 5.97 Å². The van der Waals surface area contributed by atoms with E-state index >= 15 is 0 Å². The first-order valence-electron chi connectivity index (χ1n) is 5.43. The van der Waals surface area contributed by atoms with E-state index in [2.05, 4.69) is 15.2 Å². The van der Waals surface area contributed by atoms with Gasteiger partial charge in [0.1, 0.15) is 12.1 Å². The molecule has 2 atom stereocenters. The molecule has 1 fully saturated rings. The van der Waals surface area contributed by atoms with E-state index in [1.165, 1.54) is 18.9 Å². The Bertz CT molecular complexity index is 371. The Morgan fingerprint density at radius 3 is 2.61 bits per heavy atom. The molecule has 0 saturated carbocycles. The Balaban J connectivity index is 2.70.